The fourth-order valence-electron chi connectivity index (χ4n) is 3.72. The van der Waals surface area contributed by atoms with Crippen molar-refractivity contribution >= 4 is 17.4 Å². The number of anilines is 1. The van der Waals surface area contributed by atoms with E-state index in [-0.39, 0.29) is 17.9 Å². The molecule has 3 aliphatic rings. The number of rotatable bonds is 6. The Labute approximate surface area is 142 Å². The number of Topliss-reactive ketones (excluding diaryl/α,β-unsaturated/α-hetero) is 1. The standard InChI is InChI=1S/C20H24N2O2/c23-19(17-9-11-21-17)13-16(14-5-6-14)7-8-20(24)22-12-10-15-3-1-2-4-18(15)22/h1-4,7-8,14,16-17,21H,5-6,9-13H2/b8-7+/t16-,17-/m0/s1. The van der Waals surface area contributed by atoms with E-state index in [0.29, 0.717) is 18.1 Å². The van der Waals surface area contributed by atoms with Crippen LogP contribution in [0.3, 0.4) is 0 Å². The van der Waals surface area contributed by atoms with Gasteiger partial charge in [0.2, 0.25) is 0 Å². The average molecular weight is 324 g/mol. The Bertz CT molecular complexity index is 674. The number of para-hydroxylation sites is 1. The first kappa shape index (κ1) is 15.6. The van der Waals surface area contributed by atoms with Crippen molar-refractivity contribution in [2.45, 2.75) is 38.1 Å². The lowest BCUT2D eigenvalue weighted by Gasteiger charge is -2.27. The number of nitrogens with one attached hydrogen (secondary N) is 1. The first-order valence-electron chi connectivity index (χ1n) is 9.06. The van der Waals surface area contributed by atoms with Crippen LogP contribution in [-0.4, -0.2) is 30.8 Å². The van der Waals surface area contributed by atoms with Gasteiger partial charge in [0.25, 0.3) is 5.91 Å². The van der Waals surface area contributed by atoms with Crippen LogP contribution in [-0.2, 0) is 16.0 Å². The van der Waals surface area contributed by atoms with Crippen LogP contribution in [0.4, 0.5) is 5.69 Å². The van der Waals surface area contributed by atoms with Crippen LogP contribution in [0.5, 0.6) is 0 Å². The maximum absolute atomic E-state index is 12.6. The molecule has 4 heteroatoms. The van der Waals surface area contributed by atoms with E-state index in [1.807, 2.05) is 29.2 Å². The first-order chi connectivity index (χ1) is 11.7. The van der Waals surface area contributed by atoms with Gasteiger partial charge in [-0.05, 0) is 61.8 Å². The molecule has 1 saturated carbocycles. The minimum Gasteiger partial charge on any atom is -0.308 e. The first-order valence-corrected chi connectivity index (χ1v) is 9.06. The lowest BCUT2D eigenvalue weighted by Crippen LogP contribution is -2.48. The smallest absolute Gasteiger partial charge is 0.250 e. The number of allylic oxidation sites excluding steroid dienone is 1. The molecule has 1 N–H and O–H groups in total. The summed E-state index contributed by atoms with van der Waals surface area (Å²) in [6.45, 7) is 1.70. The second kappa shape index (κ2) is 6.52. The molecular weight excluding hydrogens is 300 g/mol. The second-order valence-corrected chi connectivity index (χ2v) is 7.19. The highest BCUT2D eigenvalue weighted by Gasteiger charge is 2.34. The van der Waals surface area contributed by atoms with E-state index in [2.05, 4.69) is 11.4 Å². The fraction of sp³-hybridized carbons (Fsp3) is 0.500. The quantitative estimate of drug-likeness (QED) is 0.818. The van der Waals surface area contributed by atoms with Crippen molar-refractivity contribution in [2.24, 2.45) is 11.8 Å². The lowest BCUT2D eigenvalue weighted by atomic mass is 9.90. The summed E-state index contributed by atoms with van der Waals surface area (Å²) < 4.78 is 0. The predicted molar refractivity (Wildman–Crippen MR) is 93.9 cm³/mol. The van der Waals surface area contributed by atoms with Crippen LogP contribution in [0, 0.1) is 11.8 Å². The largest absolute Gasteiger partial charge is 0.308 e. The Balaban J connectivity index is 1.41. The summed E-state index contributed by atoms with van der Waals surface area (Å²) >= 11 is 0. The molecule has 1 aliphatic carbocycles. The molecule has 1 saturated heterocycles. The number of benzene rings is 1. The normalized spacial score (nSPS) is 23.8. The van der Waals surface area contributed by atoms with Gasteiger partial charge in [0.05, 0.1) is 6.04 Å². The van der Waals surface area contributed by atoms with E-state index in [0.717, 1.165) is 31.6 Å². The summed E-state index contributed by atoms with van der Waals surface area (Å²) in [4.78, 5) is 26.7. The lowest BCUT2D eigenvalue weighted by molar-refractivity contribution is -0.123. The summed E-state index contributed by atoms with van der Waals surface area (Å²) in [5, 5.41) is 3.18. The summed E-state index contributed by atoms with van der Waals surface area (Å²) in [5.74, 6) is 1.16. The van der Waals surface area contributed by atoms with Crippen molar-refractivity contribution < 1.29 is 9.59 Å². The zero-order chi connectivity index (χ0) is 16.5. The monoisotopic (exact) mass is 324 g/mol. The molecule has 4 rings (SSSR count). The molecule has 0 bridgehead atoms. The Morgan fingerprint density at radius 3 is 2.75 bits per heavy atom. The molecule has 126 valence electrons. The van der Waals surface area contributed by atoms with E-state index in [4.69, 9.17) is 0 Å². The third-order valence-corrected chi connectivity index (χ3v) is 5.52. The van der Waals surface area contributed by atoms with Crippen LogP contribution in [0.25, 0.3) is 0 Å². The molecule has 0 unspecified atom stereocenters. The SMILES string of the molecule is O=C(C[C@H](/C=C/C(=O)N1CCc2ccccc21)C1CC1)[C@@H]1CCN1. The van der Waals surface area contributed by atoms with Crippen molar-refractivity contribution in [2.75, 3.05) is 18.0 Å². The molecule has 0 radical (unpaired) electrons. The zero-order valence-electron chi connectivity index (χ0n) is 13.9. The van der Waals surface area contributed by atoms with Gasteiger partial charge in [-0.1, -0.05) is 24.3 Å². The molecule has 2 fully saturated rings. The van der Waals surface area contributed by atoms with Gasteiger partial charge in [0, 0.05) is 18.7 Å². The van der Waals surface area contributed by atoms with Gasteiger partial charge in [0.1, 0.15) is 5.78 Å². The van der Waals surface area contributed by atoms with Gasteiger partial charge in [-0.25, -0.2) is 0 Å². The molecule has 2 aliphatic heterocycles. The molecule has 4 nitrogen and oxygen atoms in total. The van der Waals surface area contributed by atoms with E-state index in [1.165, 1.54) is 18.4 Å². The van der Waals surface area contributed by atoms with Gasteiger partial charge in [-0.3, -0.25) is 9.59 Å². The Morgan fingerprint density at radius 1 is 1.25 bits per heavy atom. The number of nitrogens with zero attached hydrogens (tertiary/aromatic N) is 1. The average Bonchev–Trinajstić information content (AvgIpc) is 3.28. The maximum Gasteiger partial charge on any atom is 0.250 e. The number of fused-ring (bicyclic) bond motifs is 1. The summed E-state index contributed by atoms with van der Waals surface area (Å²) in [5.41, 5.74) is 2.27. The minimum atomic E-state index is 0.0415. The van der Waals surface area contributed by atoms with E-state index < -0.39 is 0 Å². The molecule has 0 aromatic heterocycles. The summed E-state index contributed by atoms with van der Waals surface area (Å²) in [6, 6.07) is 8.15. The van der Waals surface area contributed by atoms with Crippen molar-refractivity contribution in [1.82, 2.24) is 5.32 Å². The summed E-state index contributed by atoms with van der Waals surface area (Å²) in [6.07, 6.45) is 8.52. The van der Waals surface area contributed by atoms with E-state index in [1.54, 1.807) is 6.08 Å². The fourth-order valence-corrected chi connectivity index (χ4v) is 3.72. The topological polar surface area (TPSA) is 49.4 Å². The number of hydrogen-bond acceptors (Lipinski definition) is 3. The Morgan fingerprint density at radius 2 is 2.04 bits per heavy atom. The molecule has 2 atom stereocenters. The minimum absolute atomic E-state index is 0.0415. The van der Waals surface area contributed by atoms with Crippen LogP contribution >= 0.6 is 0 Å². The Hall–Kier alpha value is -1.94. The van der Waals surface area contributed by atoms with E-state index >= 15 is 0 Å². The van der Waals surface area contributed by atoms with Gasteiger partial charge >= 0.3 is 0 Å². The number of carbonyl (C=O) groups excluding carboxylic acids is 2. The van der Waals surface area contributed by atoms with Crippen molar-refractivity contribution in [3.63, 3.8) is 0 Å². The number of amides is 1. The van der Waals surface area contributed by atoms with Crippen LogP contribution in [0.1, 0.15) is 31.2 Å². The molecule has 1 amide bonds. The third-order valence-electron chi connectivity index (χ3n) is 5.52. The van der Waals surface area contributed by atoms with Crippen molar-refractivity contribution in [3.8, 4) is 0 Å². The van der Waals surface area contributed by atoms with Gasteiger partial charge < -0.3 is 10.2 Å². The molecular formula is C20H24N2O2. The van der Waals surface area contributed by atoms with Gasteiger partial charge in [-0.15, -0.1) is 0 Å². The number of carbonyl (C=O) groups is 2. The molecule has 0 spiro atoms. The molecule has 2 heterocycles. The van der Waals surface area contributed by atoms with Gasteiger partial charge in [0.15, 0.2) is 0 Å². The van der Waals surface area contributed by atoms with E-state index in [9.17, 15) is 9.59 Å². The second-order valence-electron chi connectivity index (χ2n) is 7.19. The third kappa shape index (κ3) is 3.16. The van der Waals surface area contributed by atoms with Crippen LogP contribution in [0.15, 0.2) is 36.4 Å². The zero-order valence-corrected chi connectivity index (χ0v) is 13.9. The van der Waals surface area contributed by atoms with Gasteiger partial charge in [-0.2, -0.15) is 0 Å². The van der Waals surface area contributed by atoms with Crippen LogP contribution in [0.2, 0.25) is 0 Å². The highest BCUT2D eigenvalue weighted by atomic mass is 16.2. The highest BCUT2D eigenvalue weighted by molar-refractivity contribution is 6.03. The highest BCUT2D eigenvalue weighted by Crippen LogP contribution is 2.40. The van der Waals surface area contributed by atoms with Crippen LogP contribution < -0.4 is 10.2 Å². The molecule has 1 aromatic rings. The molecule has 1 aromatic carbocycles. The van der Waals surface area contributed by atoms with Crippen molar-refractivity contribution in [3.05, 3.63) is 42.0 Å². The predicted octanol–water partition coefficient (Wildman–Crippen LogP) is 2.48. The number of hydrogen-bond donors (Lipinski definition) is 1. The molecule has 24 heavy (non-hydrogen) atoms. The number of ketones is 1. The summed E-state index contributed by atoms with van der Waals surface area (Å²) in [7, 11) is 0. The maximum atomic E-state index is 12.6. The Kier molecular flexibility index (Phi) is 4.23. The van der Waals surface area contributed by atoms with Crippen molar-refractivity contribution in [1.29, 1.82) is 0 Å².